The van der Waals surface area contributed by atoms with Crippen molar-refractivity contribution in [3.63, 3.8) is 0 Å². The van der Waals surface area contributed by atoms with Crippen molar-refractivity contribution in [2.75, 3.05) is 13.7 Å². The van der Waals surface area contributed by atoms with Crippen LogP contribution in [-0.4, -0.2) is 29.6 Å². The molecule has 0 aliphatic carbocycles. The van der Waals surface area contributed by atoms with Crippen LogP contribution in [0, 0.1) is 0 Å². The van der Waals surface area contributed by atoms with Crippen LogP contribution < -0.4 is 4.74 Å². The molecule has 0 saturated heterocycles. The van der Waals surface area contributed by atoms with Gasteiger partial charge in [0.2, 0.25) is 5.88 Å². The van der Waals surface area contributed by atoms with Crippen LogP contribution in [0.5, 0.6) is 5.88 Å². The number of fused-ring (bicyclic) bond motifs is 1. The van der Waals surface area contributed by atoms with Gasteiger partial charge in [-0.05, 0) is 25.1 Å². The lowest BCUT2D eigenvalue weighted by atomic mass is 10.2. The molecule has 2 rings (SSSR count). The minimum atomic E-state index is -0.511. The average molecular weight is 299 g/mol. The van der Waals surface area contributed by atoms with Gasteiger partial charge in [-0.25, -0.2) is 4.79 Å². The summed E-state index contributed by atoms with van der Waals surface area (Å²) in [6, 6.07) is 5.46. The largest absolute Gasteiger partial charge is 0.479 e. The molecule has 0 atom stereocenters. The lowest BCUT2D eigenvalue weighted by Crippen LogP contribution is -2.14. The first-order chi connectivity index (χ1) is 8.17. The highest BCUT2D eigenvalue weighted by molar-refractivity contribution is 9.10. The normalized spacial score (nSPS) is 10.5. The second kappa shape index (κ2) is 4.75. The molecular formula is C11H11BrN2O3. The number of nitrogens with zero attached hydrogens (tertiary/aromatic N) is 2. The Balaban J connectivity index is 2.61. The van der Waals surface area contributed by atoms with Gasteiger partial charge in [-0.3, -0.25) is 0 Å². The van der Waals surface area contributed by atoms with E-state index in [9.17, 15) is 4.79 Å². The Labute approximate surface area is 106 Å². The van der Waals surface area contributed by atoms with E-state index in [0.29, 0.717) is 18.0 Å². The zero-order chi connectivity index (χ0) is 12.4. The van der Waals surface area contributed by atoms with Crippen LogP contribution in [0.15, 0.2) is 22.7 Å². The molecule has 0 spiro atoms. The fourth-order valence-electron chi connectivity index (χ4n) is 1.54. The molecule has 17 heavy (non-hydrogen) atoms. The standard InChI is InChI=1S/C11H11BrN2O3/c1-3-17-11(15)14-9-5-4-7(12)6-8(9)10(13-14)16-2/h4-6H,3H2,1-2H3. The molecule has 90 valence electrons. The molecule has 6 heteroatoms. The van der Waals surface area contributed by atoms with Gasteiger partial charge in [-0.15, -0.1) is 5.10 Å². The predicted octanol–water partition coefficient (Wildman–Crippen LogP) is 2.81. The van der Waals surface area contributed by atoms with Crippen LogP contribution >= 0.6 is 15.9 Å². The summed E-state index contributed by atoms with van der Waals surface area (Å²) in [6.07, 6.45) is -0.511. The van der Waals surface area contributed by atoms with E-state index in [-0.39, 0.29) is 0 Å². The minimum Gasteiger partial charge on any atom is -0.479 e. The number of hydrogen-bond donors (Lipinski definition) is 0. The number of hydrogen-bond acceptors (Lipinski definition) is 4. The third-order valence-electron chi connectivity index (χ3n) is 2.24. The Bertz CT molecular complexity index is 565. The van der Waals surface area contributed by atoms with Gasteiger partial charge < -0.3 is 9.47 Å². The molecular weight excluding hydrogens is 288 g/mol. The van der Waals surface area contributed by atoms with Crippen molar-refractivity contribution in [1.82, 2.24) is 9.78 Å². The summed E-state index contributed by atoms with van der Waals surface area (Å²) in [7, 11) is 1.51. The van der Waals surface area contributed by atoms with Crippen molar-refractivity contribution >= 4 is 32.9 Å². The van der Waals surface area contributed by atoms with Gasteiger partial charge in [0.1, 0.15) is 0 Å². The van der Waals surface area contributed by atoms with Gasteiger partial charge in [0.25, 0.3) is 0 Å². The Hall–Kier alpha value is -1.56. The summed E-state index contributed by atoms with van der Waals surface area (Å²) in [5.74, 6) is 0.398. The zero-order valence-electron chi connectivity index (χ0n) is 9.44. The highest BCUT2D eigenvalue weighted by Gasteiger charge is 2.16. The molecule has 0 aliphatic rings. The van der Waals surface area contributed by atoms with Gasteiger partial charge in [0, 0.05) is 4.47 Å². The summed E-state index contributed by atoms with van der Waals surface area (Å²) in [5.41, 5.74) is 0.656. The number of ether oxygens (including phenoxy) is 2. The first kappa shape index (κ1) is 11.9. The molecule has 0 saturated carbocycles. The number of halogens is 1. The molecule has 1 aromatic carbocycles. The summed E-state index contributed by atoms with van der Waals surface area (Å²) >= 11 is 3.36. The van der Waals surface area contributed by atoms with Crippen LogP contribution in [0.2, 0.25) is 0 Å². The fourth-order valence-corrected chi connectivity index (χ4v) is 1.90. The maximum atomic E-state index is 11.7. The topological polar surface area (TPSA) is 53.4 Å². The lowest BCUT2D eigenvalue weighted by molar-refractivity contribution is 0.151. The molecule has 0 N–H and O–H groups in total. The number of rotatable bonds is 2. The van der Waals surface area contributed by atoms with Crippen molar-refractivity contribution in [3.05, 3.63) is 22.7 Å². The van der Waals surface area contributed by atoms with Gasteiger partial charge in [-0.2, -0.15) is 4.68 Å². The maximum absolute atomic E-state index is 11.7. The average Bonchev–Trinajstić information content (AvgIpc) is 2.67. The second-order valence-corrected chi connectivity index (χ2v) is 4.20. The molecule has 5 nitrogen and oxygen atoms in total. The lowest BCUT2D eigenvalue weighted by Gasteiger charge is -2.01. The SMILES string of the molecule is CCOC(=O)n1nc(OC)c2cc(Br)ccc21. The molecule has 0 amide bonds. The van der Waals surface area contributed by atoms with E-state index in [1.165, 1.54) is 11.8 Å². The zero-order valence-corrected chi connectivity index (χ0v) is 11.0. The Morgan fingerprint density at radius 3 is 2.94 bits per heavy atom. The van der Waals surface area contributed by atoms with E-state index in [1.807, 2.05) is 12.1 Å². The third kappa shape index (κ3) is 2.12. The van der Waals surface area contributed by atoms with Gasteiger partial charge >= 0.3 is 6.09 Å². The van der Waals surface area contributed by atoms with Crippen molar-refractivity contribution in [1.29, 1.82) is 0 Å². The first-order valence-corrected chi connectivity index (χ1v) is 5.86. The summed E-state index contributed by atoms with van der Waals surface area (Å²) in [5, 5.41) is 4.83. The third-order valence-corrected chi connectivity index (χ3v) is 2.74. The molecule has 0 bridgehead atoms. The van der Waals surface area contributed by atoms with Crippen molar-refractivity contribution < 1.29 is 14.3 Å². The number of methoxy groups -OCH3 is 1. The van der Waals surface area contributed by atoms with E-state index < -0.39 is 6.09 Å². The summed E-state index contributed by atoms with van der Waals surface area (Å²) in [4.78, 5) is 11.7. The molecule has 0 unspecified atom stereocenters. The number of carbonyl (C=O) groups excluding carboxylic acids is 1. The van der Waals surface area contributed by atoms with Crippen LogP contribution in [-0.2, 0) is 4.74 Å². The van der Waals surface area contributed by atoms with E-state index >= 15 is 0 Å². The quantitative estimate of drug-likeness (QED) is 0.855. The summed E-state index contributed by atoms with van der Waals surface area (Å²) < 4.78 is 12.1. The highest BCUT2D eigenvalue weighted by Crippen LogP contribution is 2.27. The smallest absolute Gasteiger partial charge is 0.435 e. The molecule has 1 heterocycles. The number of aromatic nitrogens is 2. The highest BCUT2D eigenvalue weighted by atomic mass is 79.9. The van der Waals surface area contributed by atoms with Gasteiger partial charge in [-0.1, -0.05) is 15.9 Å². The Morgan fingerprint density at radius 1 is 1.53 bits per heavy atom. The monoisotopic (exact) mass is 298 g/mol. The van der Waals surface area contributed by atoms with E-state index in [2.05, 4.69) is 21.0 Å². The van der Waals surface area contributed by atoms with Crippen LogP contribution in [0.3, 0.4) is 0 Å². The molecule has 0 aliphatic heterocycles. The molecule has 1 aromatic heterocycles. The predicted molar refractivity (Wildman–Crippen MR) is 66.4 cm³/mol. The van der Waals surface area contributed by atoms with E-state index in [0.717, 1.165) is 9.86 Å². The Kier molecular flexibility index (Phi) is 3.33. The first-order valence-electron chi connectivity index (χ1n) is 5.06. The van der Waals surface area contributed by atoms with E-state index in [4.69, 9.17) is 9.47 Å². The molecule has 0 fully saturated rings. The fraction of sp³-hybridized carbons (Fsp3) is 0.273. The summed E-state index contributed by atoms with van der Waals surface area (Å²) in [6.45, 7) is 2.05. The maximum Gasteiger partial charge on any atom is 0.435 e. The van der Waals surface area contributed by atoms with Crippen molar-refractivity contribution in [2.45, 2.75) is 6.92 Å². The van der Waals surface area contributed by atoms with Crippen molar-refractivity contribution in [3.8, 4) is 5.88 Å². The van der Waals surface area contributed by atoms with Crippen molar-refractivity contribution in [2.24, 2.45) is 0 Å². The van der Waals surface area contributed by atoms with Crippen LogP contribution in [0.1, 0.15) is 6.92 Å². The van der Waals surface area contributed by atoms with Crippen LogP contribution in [0.25, 0.3) is 10.9 Å². The van der Waals surface area contributed by atoms with Crippen LogP contribution in [0.4, 0.5) is 4.79 Å². The Morgan fingerprint density at radius 2 is 2.29 bits per heavy atom. The van der Waals surface area contributed by atoms with E-state index in [1.54, 1.807) is 13.0 Å². The number of carbonyl (C=O) groups is 1. The molecule has 0 radical (unpaired) electrons. The van der Waals surface area contributed by atoms with Gasteiger partial charge in [0.15, 0.2) is 0 Å². The minimum absolute atomic E-state index is 0.305. The van der Waals surface area contributed by atoms with Gasteiger partial charge in [0.05, 0.1) is 24.6 Å². The number of benzene rings is 1. The second-order valence-electron chi connectivity index (χ2n) is 3.28. The molecule has 2 aromatic rings.